The molecule has 0 heterocycles. The number of hydrogen-bond acceptors (Lipinski definition) is 6. The summed E-state index contributed by atoms with van der Waals surface area (Å²) in [4.78, 5) is 34.7. The van der Waals surface area contributed by atoms with Crippen LogP contribution in [0.3, 0.4) is 0 Å². The summed E-state index contributed by atoms with van der Waals surface area (Å²) in [6.07, 6.45) is 1.30. The smallest absolute Gasteiger partial charge is 0.408 e. The van der Waals surface area contributed by atoms with E-state index >= 15 is 0 Å². The molecular weight excluding hydrogens is 294 g/mol. The van der Waals surface area contributed by atoms with E-state index in [1.165, 1.54) is 18.9 Å². The van der Waals surface area contributed by atoms with Gasteiger partial charge in [-0.2, -0.15) is 11.8 Å². The lowest BCUT2D eigenvalue weighted by molar-refractivity contribution is -0.142. The second kappa shape index (κ2) is 7.68. The van der Waals surface area contributed by atoms with Crippen LogP contribution in [0.4, 0.5) is 4.79 Å². The van der Waals surface area contributed by atoms with Gasteiger partial charge in [0, 0.05) is 23.8 Å². The van der Waals surface area contributed by atoms with Crippen molar-refractivity contribution in [2.45, 2.75) is 56.9 Å². The standard InChI is InChI=1S/C14H23NO5S/c1-14(2,3)20-13(18)15-11(12(17)19-4)8-21-10-6-5-9(16)7-10/h10-11H,5-8H2,1-4H3,(H,15,18). The molecule has 0 aromatic carbocycles. The first-order chi connectivity index (χ1) is 9.71. The number of amides is 1. The van der Waals surface area contributed by atoms with Crippen molar-refractivity contribution < 1.29 is 23.9 Å². The molecule has 0 aromatic heterocycles. The average Bonchev–Trinajstić information content (AvgIpc) is 2.77. The molecule has 1 N–H and O–H groups in total. The first-order valence-corrected chi connectivity index (χ1v) is 7.97. The molecule has 1 aliphatic carbocycles. The van der Waals surface area contributed by atoms with Gasteiger partial charge >= 0.3 is 12.1 Å². The Kier molecular flexibility index (Phi) is 6.51. The summed E-state index contributed by atoms with van der Waals surface area (Å²) in [5.41, 5.74) is -0.629. The lowest BCUT2D eigenvalue weighted by Crippen LogP contribution is -2.45. The molecule has 2 atom stereocenters. The van der Waals surface area contributed by atoms with E-state index in [-0.39, 0.29) is 11.0 Å². The number of hydrogen-bond donors (Lipinski definition) is 1. The molecular formula is C14H23NO5S. The number of ketones is 1. The number of ether oxygens (including phenoxy) is 2. The molecule has 7 heteroatoms. The van der Waals surface area contributed by atoms with E-state index in [1.807, 2.05) is 0 Å². The summed E-state index contributed by atoms with van der Waals surface area (Å²) in [5, 5.41) is 2.73. The van der Waals surface area contributed by atoms with E-state index < -0.39 is 23.7 Å². The van der Waals surface area contributed by atoms with E-state index in [9.17, 15) is 14.4 Å². The van der Waals surface area contributed by atoms with Crippen LogP contribution >= 0.6 is 11.8 Å². The zero-order valence-corrected chi connectivity index (χ0v) is 13.7. The summed E-state index contributed by atoms with van der Waals surface area (Å²) in [6, 6.07) is -0.773. The van der Waals surface area contributed by atoms with Crippen LogP contribution in [-0.2, 0) is 19.1 Å². The third kappa shape index (κ3) is 6.84. The molecule has 0 bridgehead atoms. The number of nitrogens with one attached hydrogen (secondary N) is 1. The Bertz CT molecular complexity index is 405. The Morgan fingerprint density at radius 3 is 2.57 bits per heavy atom. The predicted molar refractivity (Wildman–Crippen MR) is 80.3 cm³/mol. The second-order valence-electron chi connectivity index (χ2n) is 5.96. The highest BCUT2D eigenvalue weighted by Crippen LogP contribution is 2.27. The van der Waals surface area contributed by atoms with Gasteiger partial charge < -0.3 is 14.8 Å². The molecule has 0 radical (unpaired) electrons. The monoisotopic (exact) mass is 317 g/mol. The molecule has 120 valence electrons. The maximum atomic E-state index is 11.7. The minimum Gasteiger partial charge on any atom is -0.467 e. The molecule has 0 saturated heterocycles. The number of carbonyl (C=O) groups is 3. The third-order valence-corrected chi connectivity index (χ3v) is 4.28. The van der Waals surface area contributed by atoms with Crippen LogP contribution in [-0.4, -0.2) is 47.6 Å². The molecule has 1 aliphatic rings. The van der Waals surface area contributed by atoms with Gasteiger partial charge in [-0.3, -0.25) is 4.79 Å². The largest absolute Gasteiger partial charge is 0.467 e. The minimum absolute atomic E-state index is 0.213. The number of Topliss-reactive ketones (excluding diaryl/α,β-unsaturated/α-hetero) is 1. The Morgan fingerprint density at radius 2 is 2.10 bits per heavy atom. The highest BCUT2D eigenvalue weighted by atomic mass is 32.2. The highest BCUT2D eigenvalue weighted by Gasteiger charge is 2.28. The van der Waals surface area contributed by atoms with Gasteiger partial charge in [0.15, 0.2) is 0 Å². The molecule has 1 fully saturated rings. The zero-order valence-electron chi connectivity index (χ0n) is 12.9. The van der Waals surface area contributed by atoms with E-state index in [0.29, 0.717) is 18.6 Å². The molecule has 1 amide bonds. The van der Waals surface area contributed by atoms with Crippen molar-refractivity contribution in [3.05, 3.63) is 0 Å². The fraction of sp³-hybridized carbons (Fsp3) is 0.786. The lowest BCUT2D eigenvalue weighted by atomic mass is 10.2. The van der Waals surface area contributed by atoms with Crippen molar-refractivity contribution in [3.63, 3.8) is 0 Å². The van der Waals surface area contributed by atoms with E-state index in [2.05, 4.69) is 5.32 Å². The maximum absolute atomic E-state index is 11.7. The summed E-state index contributed by atoms with van der Waals surface area (Å²) < 4.78 is 9.82. The van der Waals surface area contributed by atoms with Crippen molar-refractivity contribution in [3.8, 4) is 0 Å². The molecule has 0 spiro atoms. The molecule has 0 aromatic rings. The van der Waals surface area contributed by atoms with Crippen molar-refractivity contribution in [2.75, 3.05) is 12.9 Å². The zero-order chi connectivity index (χ0) is 16.0. The Labute approximate surface area is 129 Å². The highest BCUT2D eigenvalue weighted by molar-refractivity contribution is 8.00. The first-order valence-electron chi connectivity index (χ1n) is 6.92. The van der Waals surface area contributed by atoms with Gasteiger partial charge in [-0.25, -0.2) is 9.59 Å². The van der Waals surface area contributed by atoms with Gasteiger partial charge in [0.05, 0.1) is 7.11 Å². The topological polar surface area (TPSA) is 81.7 Å². The minimum atomic E-state index is -0.773. The van der Waals surface area contributed by atoms with Gasteiger partial charge in [-0.05, 0) is 27.2 Å². The molecule has 6 nitrogen and oxygen atoms in total. The quantitative estimate of drug-likeness (QED) is 0.780. The van der Waals surface area contributed by atoms with Crippen molar-refractivity contribution in [2.24, 2.45) is 0 Å². The van der Waals surface area contributed by atoms with Gasteiger partial charge in [0.25, 0.3) is 0 Å². The second-order valence-corrected chi connectivity index (χ2v) is 7.29. The number of carbonyl (C=O) groups excluding carboxylic acids is 3. The average molecular weight is 317 g/mol. The Balaban J connectivity index is 2.49. The Hall–Kier alpha value is -1.24. The molecule has 1 saturated carbocycles. The maximum Gasteiger partial charge on any atom is 0.408 e. The van der Waals surface area contributed by atoms with Crippen LogP contribution in [0.5, 0.6) is 0 Å². The summed E-state index contributed by atoms with van der Waals surface area (Å²) in [7, 11) is 1.27. The Morgan fingerprint density at radius 1 is 1.43 bits per heavy atom. The number of esters is 1. The first kappa shape index (κ1) is 17.8. The normalized spacial score (nSPS) is 20.0. The van der Waals surface area contributed by atoms with Crippen molar-refractivity contribution in [1.82, 2.24) is 5.32 Å². The third-order valence-electron chi connectivity index (χ3n) is 2.88. The number of thioether (sulfide) groups is 1. The van der Waals surface area contributed by atoms with Gasteiger partial charge in [-0.1, -0.05) is 0 Å². The summed E-state index contributed by atoms with van der Waals surface area (Å²) in [5.74, 6) is 0.101. The fourth-order valence-electron chi connectivity index (χ4n) is 1.92. The van der Waals surface area contributed by atoms with Crippen LogP contribution in [0.1, 0.15) is 40.0 Å². The molecule has 2 unspecified atom stereocenters. The summed E-state index contributed by atoms with van der Waals surface area (Å²) >= 11 is 1.51. The van der Waals surface area contributed by atoms with Gasteiger partial charge in [0.1, 0.15) is 17.4 Å². The van der Waals surface area contributed by atoms with Crippen molar-refractivity contribution >= 4 is 29.6 Å². The van der Waals surface area contributed by atoms with Gasteiger partial charge in [0.2, 0.25) is 0 Å². The van der Waals surface area contributed by atoms with Gasteiger partial charge in [-0.15, -0.1) is 0 Å². The molecule has 0 aliphatic heterocycles. The lowest BCUT2D eigenvalue weighted by Gasteiger charge is -2.23. The van der Waals surface area contributed by atoms with Crippen LogP contribution in [0.25, 0.3) is 0 Å². The van der Waals surface area contributed by atoms with Crippen LogP contribution < -0.4 is 5.32 Å². The fourth-order valence-corrected chi connectivity index (χ4v) is 3.19. The van der Waals surface area contributed by atoms with Crippen LogP contribution in [0.2, 0.25) is 0 Å². The van der Waals surface area contributed by atoms with Crippen molar-refractivity contribution in [1.29, 1.82) is 0 Å². The van der Waals surface area contributed by atoms with E-state index in [1.54, 1.807) is 20.8 Å². The molecule has 21 heavy (non-hydrogen) atoms. The predicted octanol–water partition coefficient (Wildman–Crippen LogP) is 1.91. The van der Waals surface area contributed by atoms with Crippen LogP contribution in [0, 0.1) is 0 Å². The number of methoxy groups -OCH3 is 1. The van der Waals surface area contributed by atoms with E-state index in [4.69, 9.17) is 9.47 Å². The number of alkyl carbamates (subject to hydrolysis) is 1. The molecule has 1 rings (SSSR count). The van der Waals surface area contributed by atoms with Crippen LogP contribution in [0.15, 0.2) is 0 Å². The van der Waals surface area contributed by atoms with E-state index in [0.717, 1.165) is 6.42 Å². The summed E-state index contributed by atoms with van der Waals surface area (Å²) in [6.45, 7) is 5.25. The SMILES string of the molecule is COC(=O)C(CSC1CCC(=O)C1)NC(=O)OC(C)(C)C. The number of rotatable bonds is 5.